The van der Waals surface area contributed by atoms with E-state index in [2.05, 4.69) is 10.3 Å². The Morgan fingerprint density at radius 1 is 1.25 bits per heavy atom. The number of nitrogens with one attached hydrogen (secondary N) is 1. The number of halogens is 3. The Morgan fingerprint density at radius 2 is 2.00 bits per heavy atom. The first kappa shape index (κ1) is 17.0. The molecule has 0 aliphatic heterocycles. The van der Waals surface area contributed by atoms with Crippen molar-refractivity contribution >= 4 is 11.3 Å². The van der Waals surface area contributed by atoms with Gasteiger partial charge in [-0.2, -0.15) is 13.2 Å². The summed E-state index contributed by atoms with van der Waals surface area (Å²) in [5.41, 5.74) is -0.609. The van der Waals surface area contributed by atoms with Crippen LogP contribution in [0.25, 0.3) is 5.52 Å². The lowest BCUT2D eigenvalue weighted by atomic mass is 9.82. The van der Waals surface area contributed by atoms with Crippen LogP contribution in [0.4, 0.5) is 19.0 Å². The van der Waals surface area contributed by atoms with Crippen molar-refractivity contribution in [2.45, 2.75) is 37.3 Å². The van der Waals surface area contributed by atoms with Crippen LogP contribution in [0.15, 0.2) is 24.5 Å². The molecule has 1 aliphatic rings. The van der Waals surface area contributed by atoms with Crippen LogP contribution in [0.1, 0.15) is 18.5 Å². The van der Waals surface area contributed by atoms with E-state index in [1.807, 2.05) is 0 Å². The first-order valence-electron chi connectivity index (χ1n) is 7.59. The van der Waals surface area contributed by atoms with Gasteiger partial charge in [0.05, 0.1) is 17.7 Å². The van der Waals surface area contributed by atoms with E-state index in [1.165, 1.54) is 10.6 Å². The molecule has 0 saturated heterocycles. The van der Waals surface area contributed by atoms with Crippen LogP contribution in [0.5, 0.6) is 0 Å². The second-order valence-electron chi connectivity index (χ2n) is 6.03. The summed E-state index contributed by atoms with van der Waals surface area (Å²) < 4.78 is 40.3. The topological polar surface area (TPSA) is 90.0 Å². The number of alkyl halides is 3. The van der Waals surface area contributed by atoms with Crippen molar-refractivity contribution in [3.63, 3.8) is 0 Å². The first-order chi connectivity index (χ1) is 11.3. The molecule has 2 aromatic rings. The molecule has 2 unspecified atom stereocenters. The van der Waals surface area contributed by atoms with Crippen molar-refractivity contribution in [1.29, 1.82) is 0 Å². The van der Waals surface area contributed by atoms with Gasteiger partial charge in [-0.3, -0.25) is 0 Å². The number of aromatic nitrogens is 2. The molecule has 2 heterocycles. The van der Waals surface area contributed by atoms with Crippen LogP contribution in [-0.4, -0.2) is 49.6 Å². The number of hydrogen-bond donors (Lipinski definition) is 4. The normalized spacial score (nSPS) is 28.2. The highest BCUT2D eigenvalue weighted by Crippen LogP contribution is 2.32. The predicted octanol–water partition coefficient (Wildman–Crippen LogP) is 1.26. The molecule has 6 nitrogen and oxygen atoms in total. The van der Waals surface area contributed by atoms with E-state index in [-0.39, 0.29) is 12.4 Å². The summed E-state index contributed by atoms with van der Waals surface area (Å²) in [6, 6.07) is 2.55. The van der Waals surface area contributed by atoms with E-state index in [0.29, 0.717) is 18.4 Å². The van der Waals surface area contributed by atoms with E-state index < -0.39 is 36.0 Å². The molecule has 0 spiro atoms. The molecule has 0 amide bonds. The largest absolute Gasteiger partial charge is 0.434 e. The highest BCUT2D eigenvalue weighted by molar-refractivity contribution is 5.68. The lowest BCUT2D eigenvalue weighted by Crippen LogP contribution is -2.50. The third kappa shape index (κ3) is 3.06. The van der Waals surface area contributed by atoms with Crippen molar-refractivity contribution in [1.82, 2.24) is 9.38 Å². The second kappa shape index (κ2) is 6.23. The summed E-state index contributed by atoms with van der Waals surface area (Å²) in [6.07, 6.45) is -3.73. The van der Waals surface area contributed by atoms with Crippen LogP contribution in [0.2, 0.25) is 0 Å². The van der Waals surface area contributed by atoms with Crippen LogP contribution in [-0.2, 0) is 6.18 Å². The Bertz CT molecular complexity index is 719. The monoisotopic (exact) mass is 345 g/mol. The fourth-order valence-corrected chi connectivity index (χ4v) is 3.07. The SMILES string of the molecule is OCC1CC[C@H](Nc2nc(C(F)(F)F)cn3cccc23)C(O)[C@H]1O. The summed E-state index contributed by atoms with van der Waals surface area (Å²) in [4.78, 5) is 3.64. The van der Waals surface area contributed by atoms with E-state index in [9.17, 15) is 23.4 Å². The minimum Gasteiger partial charge on any atom is -0.396 e. The summed E-state index contributed by atoms with van der Waals surface area (Å²) in [6.45, 7) is -0.254. The average Bonchev–Trinajstić information content (AvgIpc) is 3.00. The maximum Gasteiger partial charge on any atom is 0.434 e. The lowest BCUT2D eigenvalue weighted by molar-refractivity contribution is -0.141. The lowest BCUT2D eigenvalue weighted by Gasteiger charge is -2.37. The molecule has 0 bridgehead atoms. The van der Waals surface area contributed by atoms with E-state index in [4.69, 9.17) is 5.11 Å². The summed E-state index contributed by atoms with van der Waals surface area (Å²) in [5, 5.41) is 32.1. The molecular weight excluding hydrogens is 327 g/mol. The molecular formula is C15H18F3N3O3. The predicted molar refractivity (Wildman–Crippen MR) is 79.4 cm³/mol. The molecule has 4 N–H and O–H groups in total. The van der Waals surface area contributed by atoms with E-state index >= 15 is 0 Å². The molecule has 0 radical (unpaired) electrons. The zero-order valence-electron chi connectivity index (χ0n) is 12.6. The molecule has 132 valence electrons. The van der Waals surface area contributed by atoms with Gasteiger partial charge in [0.2, 0.25) is 0 Å². The van der Waals surface area contributed by atoms with Crippen LogP contribution in [0, 0.1) is 5.92 Å². The summed E-state index contributed by atoms with van der Waals surface area (Å²) in [5.74, 6) is -0.450. The van der Waals surface area contributed by atoms with Crippen LogP contribution >= 0.6 is 0 Å². The Hall–Kier alpha value is -1.84. The molecule has 3 rings (SSSR count). The van der Waals surface area contributed by atoms with Gasteiger partial charge in [0.15, 0.2) is 11.5 Å². The van der Waals surface area contributed by atoms with Crippen molar-refractivity contribution < 1.29 is 28.5 Å². The van der Waals surface area contributed by atoms with E-state index in [0.717, 1.165) is 6.20 Å². The van der Waals surface area contributed by atoms with Crippen LogP contribution < -0.4 is 5.32 Å². The molecule has 24 heavy (non-hydrogen) atoms. The summed E-state index contributed by atoms with van der Waals surface area (Å²) in [7, 11) is 0. The fraction of sp³-hybridized carbons (Fsp3) is 0.533. The fourth-order valence-electron chi connectivity index (χ4n) is 3.07. The average molecular weight is 345 g/mol. The van der Waals surface area contributed by atoms with Gasteiger partial charge in [0.1, 0.15) is 6.10 Å². The van der Waals surface area contributed by atoms with Gasteiger partial charge >= 0.3 is 6.18 Å². The number of aliphatic hydroxyl groups excluding tert-OH is 3. The van der Waals surface area contributed by atoms with Crippen molar-refractivity contribution in [3.8, 4) is 0 Å². The van der Waals surface area contributed by atoms with Crippen molar-refractivity contribution in [2.75, 3.05) is 11.9 Å². The zero-order valence-corrected chi connectivity index (χ0v) is 12.6. The summed E-state index contributed by atoms with van der Waals surface area (Å²) >= 11 is 0. The van der Waals surface area contributed by atoms with Gasteiger partial charge in [-0.15, -0.1) is 0 Å². The number of rotatable bonds is 3. The minimum absolute atomic E-state index is 0.00600. The number of aliphatic hydroxyl groups is 3. The van der Waals surface area contributed by atoms with Gasteiger partial charge in [-0.25, -0.2) is 4.98 Å². The third-order valence-electron chi connectivity index (χ3n) is 4.46. The molecule has 1 aliphatic carbocycles. The number of hydrogen-bond acceptors (Lipinski definition) is 5. The van der Waals surface area contributed by atoms with Gasteiger partial charge in [0.25, 0.3) is 0 Å². The molecule has 0 aromatic carbocycles. The van der Waals surface area contributed by atoms with Gasteiger partial charge in [-0.1, -0.05) is 0 Å². The Morgan fingerprint density at radius 3 is 2.67 bits per heavy atom. The highest BCUT2D eigenvalue weighted by atomic mass is 19.4. The molecule has 4 atom stereocenters. The number of fused-ring (bicyclic) bond motifs is 1. The number of anilines is 1. The van der Waals surface area contributed by atoms with E-state index in [1.54, 1.807) is 12.1 Å². The van der Waals surface area contributed by atoms with Gasteiger partial charge < -0.3 is 25.0 Å². The second-order valence-corrected chi connectivity index (χ2v) is 6.03. The maximum absolute atomic E-state index is 13.0. The first-order valence-corrected chi connectivity index (χ1v) is 7.59. The molecule has 2 aromatic heterocycles. The molecule has 9 heteroatoms. The zero-order chi connectivity index (χ0) is 17.5. The minimum atomic E-state index is -4.60. The van der Waals surface area contributed by atoms with Gasteiger partial charge in [-0.05, 0) is 25.0 Å². The van der Waals surface area contributed by atoms with Crippen LogP contribution in [0.3, 0.4) is 0 Å². The smallest absolute Gasteiger partial charge is 0.396 e. The van der Waals surface area contributed by atoms with Crippen molar-refractivity contribution in [3.05, 3.63) is 30.2 Å². The highest BCUT2D eigenvalue weighted by Gasteiger charge is 2.38. The number of nitrogens with zero attached hydrogens (tertiary/aromatic N) is 2. The maximum atomic E-state index is 13.0. The molecule has 1 saturated carbocycles. The van der Waals surface area contributed by atoms with Crippen molar-refractivity contribution in [2.24, 2.45) is 5.92 Å². The Labute approximate surface area is 135 Å². The quantitative estimate of drug-likeness (QED) is 0.672. The van der Waals surface area contributed by atoms with Gasteiger partial charge in [0, 0.05) is 24.9 Å². The Kier molecular flexibility index (Phi) is 4.41. The third-order valence-corrected chi connectivity index (χ3v) is 4.46. The molecule has 1 fully saturated rings. The Balaban J connectivity index is 1.91. The standard InChI is InChI=1S/C15H18F3N3O3/c16-15(17,18)11-6-21-5-1-2-10(21)14(20-11)19-9-4-3-8(7-22)12(23)13(9)24/h1-2,5-6,8-9,12-13,22-24H,3-4,7H2,(H,19,20)/t8?,9-,12-,13?/m0/s1.